The first-order valence-electron chi connectivity index (χ1n) is 3.62. The van der Waals surface area contributed by atoms with E-state index in [1.807, 2.05) is 6.92 Å². The number of ether oxygens (including phenoxy) is 1. The topological polar surface area (TPSA) is 113 Å². The Morgan fingerprint density at radius 3 is 1.73 bits per heavy atom. The van der Waals surface area contributed by atoms with E-state index in [2.05, 4.69) is 0 Å². The zero-order valence-corrected chi connectivity index (χ0v) is 6.92. The van der Waals surface area contributed by atoms with Crippen molar-refractivity contribution in [3.63, 3.8) is 0 Å². The lowest BCUT2D eigenvalue weighted by Crippen LogP contribution is -2.93. The molecule has 2 unspecified atom stereocenters. The average molecular weight is 160 g/mol. The number of rotatable bonds is 1. The molecule has 0 spiro atoms. The molecule has 0 aromatic carbocycles. The van der Waals surface area contributed by atoms with Crippen LogP contribution in [0.15, 0.2) is 0 Å². The molecule has 1 rings (SSSR count). The van der Waals surface area contributed by atoms with Gasteiger partial charge in [-0.25, -0.2) is 0 Å². The van der Waals surface area contributed by atoms with E-state index in [1.54, 1.807) is 6.92 Å². The molecular formula is C6H16N4O. The highest BCUT2D eigenvalue weighted by Crippen LogP contribution is 2.40. The van der Waals surface area contributed by atoms with Gasteiger partial charge in [0.2, 0.25) is 0 Å². The van der Waals surface area contributed by atoms with Crippen LogP contribution in [0.1, 0.15) is 20.3 Å². The zero-order chi connectivity index (χ0) is 8.91. The molecule has 1 fully saturated rings. The van der Waals surface area contributed by atoms with Gasteiger partial charge < -0.3 is 16.2 Å². The van der Waals surface area contributed by atoms with Crippen LogP contribution in [0.3, 0.4) is 0 Å². The molecular weight excluding hydrogens is 144 g/mol. The smallest absolute Gasteiger partial charge is 0.194 e. The first kappa shape index (κ1) is 8.89. The van der Waals surface area contributed by atoms with Crippen LogP contribution in [0.2, 0.25) is 0 Å². The van der Waals surface area contributed by atoms with Crippen molar-refractivity contribution in [2.75, 3.05) is 0 Å². The van der Waals surface area contributed by atoms with Crippen molar-refractivity contribution in [1.82, 2.24) is 0 Å². The SMILES string of the molecule is CCC1(N)OC(N)(N)C1(C)N. The largest absolute Gasteiger partial charge is 0.323 e. The normalized spacial score (nSPS) is 48.5. The Kier molecular flexibility index (Phi) is 1.56. The third-order valence-electron chi connectivity index (χ3n) is 2.57. The third kappa shape index (κ3) is 0.830. The third-order valence-corrected chi connectivity index (χ3v) is 2.57. The second-order valence-electron chi connectivity index (χ2n) is 3.34. The molecule has 66 valence electrons. The molecule has 1 aliphatic rings. The Bertz CT molecular complexity index is 179. The van der Waals surface area contributed by atoms with Gasteiger partial charge in [-0.15, -0.1) is 0 Å². The highest BCUT2D eigenvalue weighted by Gasteiger charge is 2.66. The van der Waals surface area contributed by atoms with Gasteiger partial charge in [-0.1, -0.05) is 6.92 Å². The predicted octanol–water partition coefficient (Wildman–Crippen LogP) is -1.63. The fraction of sp³-hybridized carbons (Fsp3) is 1.00. The van der Waals surface area contributed by atoms with Gasteiger partial charge >= 0.3 is 0 Å². The molecule has 0 bridgehead atoms. The van der Waals surface area contributed by atoms with E-state index < -0.39 is 17.1 Å². The summed E-state index contributed by atoms with van der Waals surface area (Å²) in [6, 6.07) is 0. The van der Waals surface area contributed by atoms with Crippen molar-refractivity contribution < 1.29 is 4.74 Å². The van der Waals surface area contributed by atoms with Gasteiger partial charge in [-0.05, 0) is 13.3 Å². The highest BCUT2D eigenvalue weighted by molar-refractivity contribution is 5.15. The summed E-state index contributed by atoms with van der Waals surface area (Å²) in [5, 5.41) is 0. The van der Waals surface area contributed by atoms with E-state index in [4.69, 9.17) is 27.7 Å². The Hall–Kier alpha value is -0.200. The second kappa shape index (κ2) is 1.94. The van der Waals surface area contributed by atoms with E-state index in [-0.39, 0.29) is 0 Å². The van der Waals surface area contributed by atoms with Gasteiger partial charge in [0.15, 0.2) is 5.85 Å². The first-order valence-corrected chi connectivity index (χ1v) is 3.62. The van der Waals surface area contributed by atoms with Crippen LogP contribution in [-0.2, 0) is 4.74 Å². The lowest BCUT2D eigenvalue weighted by Gasteiger charge is -2.62. The molecule has 1 heterocycles. The lowest BCUT2D eigenvalue weighted by atomic mass is 9.77. The van der Waals surface area contributed by atoms with Crippen molar-refractivity contribution in [2.45, 2.75) is 37.4 Å². The van der Waals surface area contributed by atoms with Crippen molar-refractivity contribution in [1.29, 1.82) is 0 Å². The van der Waals surface area contributed by atoms with Crippen LogP contribution in [0.4, 0.5) is 0 Å². The second-order valence-corrected chi connectivity index (χ2v) is 3.34. The van der Waals surface area contributed by atoms with Crippen LogP contribution in [-0.4, -0.2) is 17.1 Å². The van der Waals surface area contributed by atoms with Crippen molar-refractivity contribution in [2.24, 2.45) is 22.9 Å². The maximum atomic E-state index is 5.79. The molecule has 0 aromatic heterocycles. The summed E-state index contributed by atoms with van der Waals surface area (Å²) in [5.74, 6) is -1.29. The quantitative estimate of drug-likeness (QED) is 0.344. The van der Waals surface area contributed by atoms with Crippen LogP contribution < -0.4 is 22.9 Å². The molecule has 5 heteroatoms. The molecule has 5 nitrogen and oxygen atoms in total. The van der Waals surface area contributed by atoms with E-state index in [0.717, 1.165) is 0 Å². The molecule has 2 atom stereocenters. The first-order chi connectivity index (χ1) is 4.77. The van der Waals surface area contributed by atoms with Crippen molar-refractivity contribution >= 4 is 0 Å². The van der Waals surface area contributed by atoms with Crippen molar-refractivity contribution in [3.8, 4) is 0 Å². The monoisotopic (exact) mass is 160 g/mol. The van der Waals surface area contributed by atoms with Gasteiger partial charge in [-0.2, -0.15) is 0 Å². The molecule has 0 aliphatic carbocycles. The molecule has 0 radical (unpaired) electrons. The molecule has 11 heavy (non-hydrogen) atoms. The molecule has 0 amide bonds. The molecule has 1 saturated heterocycles. The summed E-state index contributed by atoms with van der Waals surface area (Å²) in [5.41, 5.74) is 20.8. The Balaban J connectivity index is 2.84. The zero-order valence-electron chi connectivity index (χ0n) is 6.92. The summed E-state index contributed by atoms with van der Waals surface area (Å²) in [7, 11) is 0. The summed E-state index contributed by atoms with van der Waals surface area (Å²) in [6.45, 7) is 3.57. The standard InChI is InChI=1S/C6H16N4O/c1-3-5(8)4(2,7)6(9,10)11-5/h3,7-10H2,1-2H3. The predicted molar refractivity (Wildman–Crippen MR) is 42.0 cm³/mol. The van der Waals surface area contributed by atoms with Gasteiger partial charge in [0.25, 0.3) is 0 Å². The maximum absolute atomic E-state index is 5.79. The van der Waals surface area contributed by atoms with E-state index in [1.165, 1.54) is 0 Å². The summed E-state index contributed by atoms with van der Waals surface area (Å²) < 4.78 is 5.09. The van der Waals surface area contributed by atoms with E-state index >= 15 is 0 Å². The summed E-state index contributed by atoms with van der Waals surface area (Å²) in [4.78, 5) is 0. The number of nitrogens with two attached hydrogens (primary N) is 4. The van der Waals surface area contributed by atoms with Crippen LogP contribution in [0.25, 0.3) is 0 Å². The van der Waals surface area contributed by atoms with Crippen LogP contribution in [0, 0.1) is 0 Å². The van der Waals surface area contributed by atoms with Gasteiger partial charge in [0.05, 0.1) is 0 Å². The summed E-state index contributed by atoms with van der Waals surface area (Å²) >= 11 is 0. The highest BCUT2D eigenvalue weighted by atomic mass is 16.6. The van der Waals surface area contributed by atoms with Gasteiger partial charge in [-0.3, -0.25) is 11.5 Å². The van der Waals surface area contributed by atoms with Gasteiger partial charge in [0.1, 0.15) is 11.3 Å². The summed E-state index contributed by atoms with van der Waals surface area (Å²) in [6.07, 6.45) is 0.593. The average Bonchev–Trinajstić information content (AvgIpc) is 1.86. The fourth-order valence-electron chi connectivity index (χ4n) is 1.24. The molecule has 1 aliphatic heterocycles. The Labute approximate surface area is 66.0 Å². The van der Waals surface area contributed by atoms with E-state index in [9.17, 15) is 0 Å². The minimum absolute atomic E-state index is 0.593. The van der Waals surface area contributed by atoms with Crippen molar-refractivity contribution in [3.05, 3.63) is 0 Å². The molecule has 8 N–H and O–H groups in total. The van der Waals surface area contributed by atoms with Crippen LogP contribution >= 0.6 is 0 Å². The Morgan fingerprint density at radius 1 is 1.18 bits per heavy atom. The Morgan fingerprint density at radius 2 is 1.64 bits per heavy atom. The van der Waals surface area contributed by atoms with Crippen LogP contribution in [0.5, 0.6) is 0 Å². The lowest BCUT2D eigenvalue weighted by molar-refractivity contribution is -0.326. The fourth-order valence-corrected chi connectivity index (χ4v) is 1.24. The number of hydrogen-bond donors (Lipinski definition) is 4. The number of hydrogen-bond acceptors (Lipinski definition) is 5. The van der Waals surface area contributed by atoms with E-state index in [0.29, 0.717) is 6.42 Å². The van der Waals surface area contributed by atoms with Gasteiger partial charge in [0, 0.05) is 0 Å². The maximum Gasteiger partial charge on any atom is 0.194 e. The minimum atomic E-state index is -1.29. The minimum Gasteiger partial charge on any atom is -0.323 e. The molecule has 0 aromatic rings. The molecule has 0 saturated carbocycles.